The smallest absolute Gasteiger partial charge is 0.205 e. The maximum atomic E-state index is 4.82. The highest BCUT2D eigenvalue weighted by Gasteiger charge is 2.35. The molecule has 0 spiro atoms. The highest BCUT2D eigenvalue weighted by Crippen LogP contribution is 2.42. The van der Waals surface area contributed by atoms with Gasteiger partial charge in [-0.15, -0.1) is 10.2 Å². The summed E-state index contributed by atoms with van der Waals surface area (Å²) in [4.78, 5) is 7.24. The molecule has 4 heterocycles. The zero-order chi connectivity index (χ0) is 15.2. The lowest BCUT2D eigenvalue weighted by Gasteiger charge is -2.23. The molecule has 2 aromatic rings. The summed E-state index contributed by atoms with van der Waals surface area (Å²) >= 11 is 1.57. The second-order valence-corrected chi connectivity index (χ2v) is 7.73. The molecule has 1 atom stereocenters. The molecule has 2 aromatic heterocycles. The molecular weight excluding hydrogens is 308 g/mol. The maximum Gasteiger partial charge on any atom is 0.205 e. The molecule has 1 saturated heterocycles. The van der Waals surface area contributed by atoms with Crippen molar-refractivity contribution in [3.63, 3.8) is 0 Å². The van der Waals surface area contributed by atoms with Crippen molar-refractivity contribution in [3.05, 3.63) is 17.5 Å². The van der Waals surface area contributed by atoms with Gasteiger partial charge in [0.15, 0.2) is 5.82 Å². The summed E-state index contributed by atoms with van der Waals surface area (Å²) in [5.74, 6) is 4.03. The largest absolute Gasteiger partial charge is 0.337 e. The van der Waals surface area contributed by atoms with Crippen LogP contribution in [0.25, 0.3) is 0 Å². The van der Waals surface area contributed by atoms with Crippen molar-refractivity contribution >= 4 is 16.7 Å². The van der Waals surface area contributed by atoms with Crippen LogP contribution in [0, 0.1) is 0 Å². The van der Waals surface area contributed by atoms with Gasteiger partial charge in [-0.05, 0) is 38.5 Å². The predicted octanol–water partition coefficient (Wildman–Crippen LogP) is 3.07. The van der Waals surface area contributed by atoms with Gasteiger partial charge < -0.3 is 9.47 Å². The zero-order valence-corrected chi connectivity index (χ0v) is 14.1. The number of fused-ring (bicyclic) bond motifs is 1. The van der Waals surface area contributed by atoms with Crippen LogP contribution in [0.1, 0.15) is 74.4 Å². The summed E-state index contributed by atoms with van der Waals surface area (Å²) in [6.07, 6.45) is 9.74. The van der Waals surface area contributed by atoms with Gasteiger partial charge >= 0.3 is 0 Å². The normalized spacial score (nSPS) is 24.7. The quantitative estimate of drug-likeness (QED) is 0.865. The average molecular weight is 330 g/mol. The van der Waals surface area contributed by atoms with E-state index in [1.165, 1.54) is 44.3 Å². The van der Waals surface area contributed by atoms with Crippen LogP contribution in [0.5, 0.6) is 0 Å². The summed E-state index contributed by atoms with van der Waals surface area (Å²) in [6.45, 7) is 2.14. The lowest BCUT2D eigenvalue weighted by Crippen LogP contribution is -2.25. The number of anilines is 1. The minimum absolute atomic E-state index is 0.328. The van der Waals surface area contributed by atoms with Crippen molar-refractivity contribution < 1.29 is 0 Å². The lowest BCUT2D eigenvalue weighted by molar-refractivity contribution is 0.559. The molecule has 3 aliphatic rings. The molecule has 0 N–H and O–H groups in total. The molecule has 0 aromatic carbocycles. The first-order chi connectivity index (χ1) is 11.4. The fraction of sp³-hybridized carbons (Fsp3) is 0.750. The van der Waals surface area contributed by atoms with Crippen molar-refractivity contribution in [3.8, 4) is 0 Å². The van der Waals surface area contributed by atoms with E-state index in [9.17, 15) is 0 Å². The standard InChI is InChI=1S/C16H22N6S/c1-2-6-13-18-19-15(22(13)9-3-1)12-5-4-10-21(12)16-17-14(20-23-16)11-7-8-11/h11-12H,1-10H2. The average Bonchev–Trinajstić information content (AvgIpc) is 3.01. The van der Waals surface area contributed by atoms with Crippen LogP contribution in [0.15, 0.2) is 0 Å². The Kier molecular flexibility index (Phi) is 3.35. The summed E-state index contributed by atoms with van der Waals surface area (Å²) in [7, 11) is 0. The van der Waals surface area contributed by atoms with Crippen molar-refractivity contribution in [2.45, 2.75) is 69.9 Å². The Hall–Kier alpha value is -1.50. The van der Waals surface area contributed by atoms with Crippen molar-refractivity contribution in [1.29, 1.82) is 0 Å². The fourth-order valence-corrected chi connectivity index (χ4v) is 4.69. The van der Waals surface area contributed by atoms with Gasteiger partial charge in [0, 0.05) is 37.0 Å². The van der Waals surface area contributed by atoms with Crippen molar-refractivity contribution in [2.24, 2.45) is 0 Å². The van der Waals surface area contributed by atoms with E-state index < -0.39 is 0 Å². The van der Waals surface area contributed by atoms with E-state index in [1.54, 1.807) is 11.5 Å². The Morgan fingerprint density at radius 3 is 2.83 bits per heavy atom. The zero-order valence-electron chi connectivity index (χ0n) is 13.3. The molecule has 2 fully saturated rings. The van der Waals surface area contributed by atoms with E-state index in [0.29, 0.717) is 12.0 Å². The molecule has 0 amide bonds. The lowest BCUT2D eigenvalue weighted by atomic mass is 10.2. The number of nitrogens with zero attached hydrogens (tertiary/aromatic N) is 6. The van der Waals surface area contributed by atoms with E-state index in [1.807, 2.05) is 0 Å². The minimum atomic E-state index is 0.328. The third-order valence-electron chi connectivity index (χ3n) is 5.31. The molecule has 7 heteroatoms. The Labute approximate surface area is 140 Å². The van der Waals surface area contributed by atoms with E-state index in [-0.39, 0.29) is 0 Å². The molecule has 1 aliphatic carbocycles. The van der Waals surface area contributed by atoms with E-state index in [2.05, 4.69) is 24.0 Å². The Morgan fingerprint density at radius 2 is 1.91 bits per heavy atom. The number of aromatic nitrogens is 5. The van der Waals surface area contributed by atoms with Crippen LogP contribution < -0.4 is 4.90 Å². The van der Waals surface area contributed by atoms with Gasteiger partial charge in [0.25, 0.3) is 0 Å². The summed E-state index contributed by atoms with van der Waals surface area (Å²) < 4.78 is 6.97. The number of rotatable bonds is 3. The number of hydrogen-bond donors (Lipinski definition) is 0. The third-order valence-corrected chi connectivity index (χ3v) is 6.08. The Bertz CT molecular complexity index is 703. The van der Waals surface area contributed by atoms with Gasteiger partial charge in [-0.1, -0.05) is 6.42 Å². The van der Waals surface area contributed by atoms with Crippen LogP contribution in [-0.4, -0.2) is 30.7 Å². The van der Waals surface area contributed by atoms with Gasteiger partial charge in [0.2, 0.25) is 5.13 Å². The predicted molar refractivity (Wildman–Crippen MR) is 88.8 cm³/mol. The molecular formula is C16H22N6S. The fourth-order valence-electron chi connectivity index (χ4n) is 3.87. The first kappa shape index (κ1) is 13.9. The van der Waals surface area contributed by atoms with E-state index >= 15 is 0 Å². The van der Waals surface area contributed by atoms with Crippen LogP contribution >= 0.6 is 11.5 Å². The summed E-state index contributed by atoms with van der Waals surface area (Å²) in [5, 5.41) is 10.1. The van der Waals surface area contributed by atoms with Crippen LogP contribution in [-0.2, 0) is 13.0 Å². The Balaban J connectivity index is 1.45. The highest BCUT2D eigenvalue weighted by atomic mass is 32.1. The van der Waals surface area contributed by atoms with Gasteiger partial charge in [-0.3, -0.25) is 0 Å². The second-order valence-electron chi connectivity index (χ2n) is 7.00. The summed E-state index contributed by atoms with van der Waals surface area (Å²) in [5.41, 5.74) is 0. The van der Waals surface area contributed by atoms with Gasteiger partial charge in [0.1, 0.15) is 11.6 Å². The van der Waals surface area contributed by atoms with E-state index in [0.717, 1.165) is 42.7 Å². The topological polar surface area (TPSA) is 59.7 Å². The van der Waals surface area contributed by atoms with Crippen molar-refractivity contribution in [1.82, 2.24) is 24.1 Å². The second kappa shape index (κ2) is 5.54. The van der Waals surface area contributed by atoms with Crippen molar-refractivity contribution in [2.75, 3.05) is 11.4 Å². The molecule has 122 valence electrons. The van der Waals surface area contributed by atoms with Gasteiger partial charge in [-0.25, -0.2) is 4.98 Å². The molecule has 23 heavy (non-hydrogen) atoms. The maximum absolute atomic E-state index is 4.82. The third kappa shape index (κ3) is 2.45. The molecule has 0 radical (unpaired) electrons. The number of aryl methyl sites for hydroxylation is 1. The highest BCUT2D eigenvalue weighted by molar-refractivity contribution is 7.09. The van der Waals surface area contributed by atoms with E-state index in [4.69, 9.17) is 4.98 Å². The first-order valence-corrected chi connectivity index (χ1v) is 9.70. The molecule has 5 rings (SSSR count). The molecule has 1 saturated carbocycles. The number of hydrogen-bond acceptors (Lipinski definition) is 6. The molecule has 2 aliphatic heterocycles. The van der Waals surface area contributed by atoms with Gasteiger partial charge in [0.05, 0.1) is 6.04 Å². The van der Waals surface area contributed by atoms with Crippen LogP contribution in [0.3, 0.4) is 0 Å². The molecule has 6 nitrogen and oxygen atoms in total. The SMILES string of the molecule is C1CCc2nnc(C3CCCN3c3nc(C4CC4)ns3)n2CC1. The molecule has 0 bridgehead atoms. The Morgan fingerprint density at radius 1 is 0.957 bits per heavy atom. The van der Waals surface area contributed by atoms with Crippen LogP contribution in [0.4, 0.5) is 5.13 Å². The first-order valence-electron chi connectivity index (χ1n) is 8.92. The molecule has 1 unspecified atom stereocenters. The summed E-state index contributed by atoms with van der Waals surface area (Å²) in [6, 6.07) is 0.328. The van der Waals surface area contributed by atoms with Gasteiger partial charge in [-0.2, -0.15) is 4.37 Å². The minimum Gasteiger partial charge on any atom is -0.337 e. The van der Waals surface area contributed by atoms with Crippen LogP contribution in [0.2, 0.25) is 0 Å². The monoisotopic (exact) mass is 330 g/mol.